The average Bonchev–Trinajstić information content (AvgIpc) is 2.60. The van der Waals surface area contributed by atoms with Crippen molar-refractivity contribution in [2.75, 3.05) is 0 Å². The van der Waals surface area contributed by atoms with Crippen molar-refractivity contribution in [1.29, 1.82) is 0 Å². The summed E-state index contributed by atoms with van der Waals surface area (Å²) >= 11 is 0. The van der Waals surface area contributed by atoms with Gasteiger partial charge in [-0.25, -0.2) is 0 Å². The highest BCUT2D eigenvalue weighted by Gasteiger charge is 2.30. The lowest BCUT2D eigenvalue weighted by atomic mass is 9.85. The van der Waals surface area contributed by atoms with E-state index in [0.717, 1.165) is 18.3 Å². The van der Waals surface area contributed by atoms with Crippen molar-refractivity contribution in [3.8, 4) is 0 Å². The van der Waals surface area contributed by atoms with Crippen LogP contribution in [0.15, 0.2) is 0 Å². The molecule has 1 aliphatic carbocycles. The number of aliphatic hydroxyl groups is 1. The Morgan fingerprint density at radius 2 is 1.86 bits per heavy atom. The van der Waals surface area contributed by atoms with Gasteiger partial charge in [0.25, 0.3) is 0 Å². The SMILES string of the molecule is CCC(CC)CC(O)C1CCCC1C. The summed E-state index contributed by atoms with van der Waals surface area (Å²) in [5.74, 6) is 2.08. The summed E-state index contributed by atoms with van der Waals surface area (Å²) < 4.78 is 0. The Labute approximate surface area is 88.9 Å². The highest BCUT2D eigenvalue weighted by molar-refractivity contribution is 4.81. The number of rotatable bonds is 5. The largest absolute Gasteiger partial charge is 0.393 e. The number of hydrogen-bond donors (Lipinski definition) is 1. The van der Waals surface area contributed by atoms with Crippen molar-refractivity contribution >= 4 is 0 Å². The van der Waals surface area contributed by atoms with Gasteiger partial charge in [-0.1, -0.05) is 46.5 Å². The third kappa shape index (κ3) is 2.98. The quantitative estimate of drug-likeness (QED) is 0.715. The van der Waals surface area contributed by atoms with E-state index >= 15 is 0 Å². The van der Waals surface area contributed by atoms with Gasteiger partial charge < -0.3 is 5.11 Å². The first-order valence-electron chi connectivity index (χ1n) is 6.37. The molecule has 1 rings (SSSR count). The van der Waals surface area contributed by atoms with Crippen molar-refractivity contribution in [3.63, 3.8) is 0 Å². The van der Waals surface area contributed by atoms with Crippen LogP contribution in [0.1, 0.15) is 59.3 Å². The van der Waals surface area contributed by atoms with Crippen LogP contribution in [0.5, 0.6) is 0 Å². The molecule has 0 aliphatic heterocycles. The van der Waals surface area contributed by atoms with Gasteiger partial charge in [-0.2, -0.15) is 0 Å². The maximum atomic E-state index is 10.2. The maximum Gasteiger partial charge on any atom is 0.0573 e. The summed E-state index contributed by atoms with van der Waals surface area (Å²) in [7, 11) is 0. The molecular formula is C13H26O. The van der Waals surface area contributed by atoms with Crippen LogP contribution in [0.2, 0.25) is 0 Å². The Balaban J connectivity index is 2.36. The third-order valence-corrected chi connectivity index (χ3v) is 4.15. The van der Waals surface area contributed by atoms with E-state index in [0.29, 0.717) is 5.92 Å². The monoisotopic (exact) mass is 198 g/mol. The minimum absolute atomic E-state index is 0.0302. The van der Waals surface area contributed by atoms with Crippen LogP contribution >= 0.6 is 0 Å². The molecule has 84 valence electrons. The Bertz CT molecular complexity index is 151. The summed E-state index contributed by atoms with van der Waals surface area (Å²) in [4.78, 5) is 0. The summed E-state index contributed by atoms with van der Waals surface area (Å²) in [6, 6.07) is 0. The van der Waals surface area contributed by atoms with Crippen molar-refractivity contribution in [3.05, 3.63) is 0 Å². The molecule has 0 aromatic carbocycles. The second kappa shape index (κ2) is 5.75. The molecular weight excluding hydrogens is 172 g/mol. The van der Waals surface area contributed by atoms with Gasteiger partial charge in [-0.15, -0.1) is 0 Å². The first-order chi connectivity index (χ1) is 6.69. The minimum Gasteiger partial charge on any atom is -0.393 e. The molecule has 0 bridgehead atoms. The molecule has 0 heterocycles. The lowest BCUT2D eigenvalue weighted by Crippen LogP contribution is -2.25. The van der Waals surface area contributed by atoms with E-state index in [9.17, 15) is 5.11 Å². The highest BCUT2D eigenvalue weighted by atomic mass is 16.3. The predicted octanol–water partition coefficient (Wildman–Crippen LogP) is 3.61. The molecule has 14 heavy (non-hydrogen) atoms. The molecule has 0 aromatic rings. The average molecular weight is 198 g/mol. The molecule has 1 saturated carbocycles. The Morgan fingerprint density at radius 3 is 2.29 bits per heavy atom. The topological polar surface area (TPSA) is 20.2 Å². The van der Waals surface area contributed by atoms with Gasteiger partial charge in [-0.3, -0.25) is 0 Å². The molecule has 1 N–H and O–H groups in total. The van der Waals surface area contributed by atoms with E-state index in [1.54, 1.807) is 0 Å². The third-order valence-electron chi connectivity index (χ3n) is 4.15. The van der Waals surface area contributed by atoms with Crippen molar-refractivity contribution in [2.45, 2.75) is 65.4 Å². The van der Waals surface area contributed by atoms with E-state index in [1.807, 2.05) is 0 Å². The van der Waals surface area contributed by atoms with Crippen LogP contribution in [0.25, 0.3) is 0 Å². The zero-order valence-electron chi connectivity index (χ0n) is 10.00. The highest BCUT2D eigenvalue weighted by Crippen LogP contribution is 2.36. The predicted molar refractivity (Wildman–Crippen MR) is 61.2 cm³/mol. The minimum atomic E-state index is -0.0302. The van der Waals surface area contributed by atoms with Crippen molar-refractivity contribution < 1.29 is 5.11 Å². The van der Waals surface area contributed by atoms with Gasteiger partial charge in [0.2, 0.25) is 0 Å². The normalized spacial score (nSPS) is 29.8. The van der Waals surface area contributed by atoms with E-state index in [4.69, 9.17) is 0 Å². The van der Waals surface area contributed by atoms with Gasteiger partial charge in [-0.05, 0) is 30.6 Å². The van der Waals surface area contributed by atoms with E-state index in [1.165, 1.54) is 32.1 Å². The van der Waals surface area contributed by atoms with Crippen molar-refractivity contribution in [2.24, 2.45) is 17.8 Å². The van der Waals surface area contributed by atoms with Gasteiger partial charge in [0.1, 0.15) is 0 Å². The zero-order valence-corrected chi connectivity index (χ0v) is 10.00. The second-order valence-corrected chi connectivity index (χ2v) is 5.06. The molecule has 1 aliphatic rings. The second-order valence-electron chi connectivity index (χ2n) is 5.06. The number of hydrogen-bond acceptors (Lipinski definition) is 1. The van der Waals surface area contributed by atoms with E-state index in [2.05, 4.69) is 20.8 Å². The summed E-state index contributed by atoms with van der Waals surface area (Å²) in [5.41, 5.74) is 0. The molecule has 0 aromatic heterocycles. The Hall–Kier alpha value is -0.0400. The lowest BCUT2D eigenvalue weighted by molar-refractivity contribution is 0.0648. The Morgan fingerprint density at radius 1 is 1.21 bits per heavy atom. The summed E-state index contributed by atoms with van der Waals surface area (Å²) in [6.07, 6.45) is 7.34. The number of aliphatic hydroxyl groups excluding tert-OH is 1. The molecule has 1 heteroatoms. The molecule has 1 fully saturated rings. The molecule has 3 atom stereocenters. The Kier molecular flexibility index (Phi) is 4.94. The van der Waals surface area contributed by atoms with Crippen LogP contribution in [0, 0.1) is 17.8 Å². The fourth-order valence-electron chi connectivity index (χ4n) is 2.88. The first kappa shape index (κ1) is 12.0. The van der Waals surface area contributed by atoms with Crippen LogP contribution in [0.4, 0.5) is 0 Å². The van der Waals surface area contributed by atoms with Crippen LogP contribution in [-0.4, -0.2) is 11.2 Å². The van der Waals surface area contributed by atoms with Crippen LogP contribution in [-0.2, 0) is 0 Å². The standard InChI is InChI=1S/C13H26O/c1-4-11(5-2)9-13(14)12-8-6-7-10(12)3/h10-14H,4-9H2,1-3H3. The molecule has 0 spiro atoms. The van der Waals surface area contributed by atoms with Gasteiger partial charge in [0, 0.05) is 0 Å². The molecule has 0 amide bonds. The molecule has 0 radical (unpaired) electrons. The summed E-state index contributed by atoms with van der Waals surface area (Å²) in [5, 5.41) is 10.2. The van der Waals surface area contributed by atoms with Gasteiger partial charge in [0.05, 0.1) is 6.10 Å². The van der Waals surface area contributed by atoms with Crippen molar-refractivity contribution in [1.82, 2.24) is 0 Å². The first-order valence-corrected chi connectivity index (χ1v) is 6.37. The maximum absolute atomic E-state index is 10.2. The van der Waals surface area contributed by atoms with Crippen LogP contribution < -0.4 is 0 Å². The van der Waals surface area contributed by atoms with E-state index < -0.39 is 0 Å². The van der Waals surface area contributed by atoms with Crippen LogP contribution in [0.3, 0.4) is 0 Å². The molecule has 0 saturated heterocycles. The van der Waals surface area contributed by atoms with E-state index in [-0.39, 0.29) is 6.10 Å². The zero-order chi connectivity index (χ0) is 10.6. The lowest BCUT2D eigenvalue weighted by Gasteiger charge is -2.25. The smallest absolute Gasteiger partial charge is 0.0573 e. The summed E-state index contributed by atoms with van der Waals surface area (Å²) in [6.45, 7) is 6.77. The van der Waals surface area contributed by atoms with Gasteiger partial charge >= 0.3 is 0 Å². The fraction of sp³-hybridized carbons (Fsp3) is 1.00. The van der Waals surface area contributed by atoms with Gasteiger partial charge in [0.15, 0.2) is 0 Å². The fourth-order valence-corrected chi connectivity index (χ4v) is 2.88. The molecule has 1 nitrogen and oxygen atoms in total. The molecule has 3 unspecified atom stereocenters.